The van der Waals surface area contributed by atoms with Gasteiger partial charge in [0.2, 0.25) is 0 Å². The molecule has 2 aromatic carbocycles. The lowest BCUT2D eigenvalue weighted by Crippen LogP contribution is -3.08. The lowest BCUT2D eigenvalue weighted by molar-refractivity contribution is -0.885. The van der Waals surface area contributed by atoms with Gasteiger partial charge in [0.1, 0.15) is 18.0 Å². The Kier molecular flexibility index (Phi) is 6.21. The summed E-state index contributed by atoms with van der Waals surface area (Å²) in [6, 6.07) is 13.5. The van der Waals surface area contributed by atoms with Crippen LogP contribution in [0, 0.1) is 6.92 Å². The van der Waals surface area contributed by atoms with Crippen LogP contribution in [-0.4, -0.2) is 33.7 Å². The first-order valence-corrected chi connectivity index (χ1v) is 7.91. The minimum Gasteiger partial charge on any atom is -0.496 e. The minimum absolute atomic E-state index is 0.0522. The van der Waals surface area contributed by atoms with Gasteiger partial charge in [0.05, 0.1) is 27.0 Å². The summed E-state index contributed by atoms with van der Waals surface area (Å²) in [7, 11) is 5.24. The third-order valence-electron chi connectivity index (χ3n) is 3.77. The average Bonchev–Trinajstić information content (AvgIpc) is 2.55. The van der Waals surface area contributed by atoms with E-state index < -0.39 is 0 Å². The third kappa shape index (κ3) is 4.73. The van der Waals surface area contributed by atoms with Gasteiger partial charge < -0.3 is 19.7 Å². The molecule has 2 aromatic rings. The van der Waals surface area contributed by atoms with E-state index in [9.17, 15) is 4.79 Å². The SMILES string of the molecule is COc1ccc(C)cc1C[NH+](C)CC(=O)Nc1ccccc1OC. The fraction of sp³-hybridized carbons (Fsp3) is 0.316. The van der Waals surface area contributed by atoms with Crippen molar-refractivity contribution in [2.75, 3.05) is 33.1 Å². The van der Waals surface area contributed by atoms with Gasteiger partial charge in [0.25, 0.3) is 5.91 Å². The van der Waals surface area contributed by atoms with E-state index in [0.29, 0.717) is 24.5 Å². The Hall–Kier alpha value is -2.53. The number of amides is 1. The summed E-state index contributed by atoms with van der Waals surface area (Å²) in [5, 5.41) is 2.90. The van der Waals surface area contributed by atoms with Gasteiger partial charge in [0, 0.05) is 5.56 Å². The van der Waals surface area contributed by atoms with Gasteiger partial charge in [0.15, 0.2) is 6.54 Å². The van der Waals surface area contributed by atoms with E-state index in [1.54, 1.807) is 14.2 Å². The molecule has 0 radical (unpaired) electrons. The summed E-state index contributed by atoms with van der Waals surface area (Å²) in [4.78, 5) is 13.4. The van der Waals surface area contributed by atoms with Crippen LogP contribution in [0.3, 0.4) is 0 Å². The van der Waals surface area contributed by atoms with E-state index in [0.717, 1.165) is 16.2 Å². The number of benzene rings is 2. The van der Waals surface area contributed by atoms with Crippen LogP contribution in [0.5, 0.6) is 11.5 Å². The van der Waals surface area contributed by atoms with Crippen molar-refractivity contribution in [2.24, 2.45) is 0 Å². The maximum Gasteiger partial charge on any atom is 0.279 e. The first-order chi connectivity index (χ1) is 11.5. The smallest absolute Gasteiger partial charge is 0.279 e. The number of nitrogens with one attached hydrogen (secondary N) is 2. The Labute approximate surface area is 143 Å². The van der Waals surface area contributed by atoms with Crippen LogP contribution in [-0.2, 0) is 11.3 Å². The van der Waals surface area contributed by atoms with Crippen LogP contribution < -0.4 is 19.7 Å². The highest BCUT2D eigenvalue weighted by atomic mass is 16.5. The zero-order valence-electron chi connectivity index (χ0n) is 14.7. The number of likely N-dealkylation sites (N-methyl/N-ethyl adjacent to an activating group) is 1. The number of hydrogen-bond acceptors (Lipinski definition) is 3. The first-order valence-electron chi connectivity index (χ1n) is 7.91. The van der Waals surface area contributed by atoms with Crippen molar-refractivity contribution in [3.63, 3.8) is 0 Å². The van der Waals surface area contributed by atoms with Gasteiger partial charge in [-0.1, -0.05) is 23.8 Å². The molecule has 1 atom stereocenters. The predicted molar refractivity (Wildman–Crippen MR) is 94.8 cm³/mol. The number of anilines is 1. The minimum atomic E-state index is -0.0522. The summed E-state index contributed by atoms with van der Waals surface area (Å²) in [5.74, 6) is 1.46. The van der Waals surface area contributed by atoms with Crippen LogP contribution in [0.1, 0.15) is 11.1 Å². The number of carbonyl (C=O) groups excluding carboxylic acids is 1. The topological polar surface area (TPSA) is 52.0 Å². The maximum atomic E-state index is 12.3. The summed E-state index contributed by atoms with van der Waals surface area (Å²) in [6.07, 6.45) is 0. The number of methoxy groups -OCH3 is 2. The number of aryl methyl sites for hydroxylation is 1. The van der Waals surface area contributed by atoms with E-state index in [-0.39, 0.29) is 5.91 Å². The molecule has 0 heterocycles. The van der Waals surface area contributed by atoms with Gasteiger partial charge in [-0.05, 0) is 31.2 Å². The maximum absolute atomic E-state index is 12.3. The molecule has 128 valence electrons. The largest absolute Gasteiger partial charge is 0.496 e. The summed E-state index contributed by atoms with van der Waals surface area (Å²) in [5.41, 5.74) is 2.96. The number of carbonyl (C=O) groups is 1. The normalized spacial score (nSPS) is 11.7. The Balaban J connectivity index is 1.98. The predicted octanol–water partition coefficient (Wildman–Crippen LogP) is 1.67. The highest BCUT2D eigenvalue weighted by Gasteiger charge is 2.15. The Morgan fingerprint density at radius 3 is 2.50 bits per heavy atom. The molecule has 0 aliphatic carbocycles. The number of quaternary nitrogens is 1. The van der Waals surface area contributed by atoms with Gasteiger partial charge in [-0.2, -0.15) is 0 Å². The molecule has 5 heteroatoms. The quantitative estimate of drug-likeness (QED) is 0.812. The molecular formula is C19H25N2O3+. The van der Waals surface area contributed by atoms with Crippen molar-refractivity contribution in [2.45, 2.75) is 13.5 Å². The van der Waals surface area contributed by atoms with Crippen LogP contribution in [0.15, 0.2) is 42.5 Å². The summed E-state index contributed by atoms with van der Waals surface area (Å²) in [6.45, 7) is 3.12. The summed E-state index contributed by atoms with van der Waals surface area (Å²) < 4.78 is 10.7. The molecule has 0 aliphatic heterocycles. The molecule has 24 heavy (non-hydrogen) atoms. The Morgan fingerprint density at radius 1 is 1.08 bits per heavy atom. The molecule has 1 amide bonds. The molecule has 0 saturated heterocycles. The summed E-state index contributed by atoms with van der Waals surface area (Å²) >= 11 is 0. The van der Waals surface area contributed by atoms with Gasteiger partial charge in [-0.3, -0.25) is 4.79 Å². The van der Waals surface area contributed by atoms with Crippen molar-refractivity contribution >= 4 is 11.6 Å². The molecule has 2 rings (SSSR count). The van der Waals surface area contributed by atoms with Gasteiger partial charge in [-0.15, -0.1) is 0 Å². The van der Waals surface area contributed by atoms with Gasteiger partial charge >= 0.3 is 0 Å². The highest BCUT2D eigenvalue weighted by Crippen LogP contribution is 2.22. The molecule has 5 nitrogen and oxygen atoms in total. The Morgan fingerprint density at radius 2 is 1.79 bits per heavy atom. The fourth-order valence-corrected chi connectivity index (χ4v) is 2.65. The second-order valence-corrected chi connectivity index (χ2v) is 5.87. The van der Waals surface area contributed by atoms with Gasteiger partial charge in [-0.25, -0.2) is 0 Å². The van der Waals surface area contributed by atoms with E-state index in [4.69, 9.17) is 9.47 Å². The molecule has 0 bridgehead atoms. The lowest BCUT2D eigenvalue weighted by Gasteiger charge is -2.17. The fourth-order valence-electron chi connectivity index (χ4n) is 2.65. The molecule has 2 N–H and O–H groups in total. The third-order valence-corrected chi connectivity index (χ3v) is 3.77. The molecule has 0 saturated carbocycles. The van der Waals surface area contributed by atoms with E-state index >= 15 is 0 Å². The van der Waals surface area contributed by atoms with E-state index in [1.165, 1.54) is 5.56 Å². The standard InChI is InChI=1S/C19H24N2O3/c1-14-9-10-17(23-3)15(11-14)12-21(2)13-19(22)20-16-7-5-6-8-18(16)24-4/h5-11H,12-13H2,1-4H3,(H,20,22)/p+1. The van der Waals surface area contributed by atoms with Crippen molar-refractivity contribution in [3.8, 4) is 11.5 Å². The lowest BCUT2D eigenvalue weighted by atomic mass is 10.1. The second-order valence-electron chi connectivity index (χ2n) is 5.87. The first kappa shape index (κ1) is 17.8. The zero-order valence-corrected chi connectivity index (χ0v) is 14.7. The van der Waals surface area contributed by atoms with Crippen LogP contribution >= 0.6 is 0 Å². The molecule has 0 spiro atoms. The monoisotopic (exact) mass is 329 g/mol. The molecule has 0 aliphatic rings. The van der Waals surface area contributed by atoms with Crippen LogP contribution in [0.25, 0.3) is 0 Å². The van der Waals surface area contributed by atoms with Crippen molar-refractivity contribution in [3.05, 3.63) is 53.6 Å². The number of ether oxygens (including phenoxy) is 2. The number of para-hydroxylation sites is 2. The second kappa shape index (κ2) is 8.36. The van der Waals surface area contributed by atoms with Crippen molar-refractivity contribution in [1.29, 1.82) is 0 Å². The van der Waals surface area contributed by atoms with Crippen molar-refractivity contribution < 1.29 is 19.2 Å². The average molecular weight is 329 g/mol. The number of hydrogen-bond donors (Lipinski definition) is 2. The highest BCUT2D eigenvalue weighted by molar-refractivity contribution is 5.92. The number of rotatable bonds is 7. The molecule has 1 unspecified atom stereocenters. The Bertz CT molecular complexity index is 701. The van der Waals surface area contributed by atoms with E-state index in [1.807, 2.05) is 50.4 Å². The van der Waals surface area contributed by atoms with Crippen molar-refractivity contribution in [1.82, 2.24) is 0 Å². The van der Waals surface area contributed by atoms with Crippen LogP contribution in [0.2, 0.25) is 0 Å². The molecule has 0 fully saturated rings. The molecule has 0 aromatic heterocycles. The van der Waals surface area contributed by atoms with E-state index in [2.05, 4.69) is 11.4 Å². The molecular weight excluding hydrogens is 304 g/mol. The zero-order chi connectivity index (χ0) is 17.5. The van der Waals surface area contributed by atoms with Crippen LogP contribution in [0.4, 0.5) is 5.69 Å².